The fraction of sp³-hybridized carbons (Fsp3) is 0.455. The number of nitrogen functional groups attached to an aromatic ring is 1. The van der Waals surface area contributed by atoms with Crippen LogP contribution in [-0.4, -0.2) is 27.4 Å². The van der Waals surface area contributed by atoms with Crippen molar-refractivity contribution in [3.05, 3.63) is 18.5 Å². The van der Waals surface area contributed by atoms with E-state index in [9.17, 15) is 9.00 Å². The molecule has 2 rings (SSSR count). The van der Waals surface area contributed by atoms with Crippen LogP contribution < -0.4 is 11.1 Å². The van der Waals surface area contributed by atoms with Crippen LogP contribution in [0.1, 0.15) is 12.8 Å². The van der Waals surface area contributed by atoms with Crippen LogP contribution in [0.15, 0.2) is 23.4 Å². The summed E-state index contributed by atoms with van der Waals surface area (Å²) < 4.78 is 11.9. The summed E-state index contributed by atoms with van der Waals surface area (Å²) >= 11 is 0. The molecule has 0 bridgehead atoms. The summed E-state index contributed by atoms with van der Waals surface area (Å²) in [6, 6.07) is 1.58. The Balaban J connectivity index is 1.87. The first kappa shape index (κ1) is 12.0. The van der Waals surface area contributed by atoms with Crippen molar-refractivity contribution < 1.29 is 9.00 Å². The number of nitrogens with two attached hydrogens (primary N) is 1. The zero-order chi connectivity index (χ0) is 12.3. The fourth-order valence-electron chi connectivity index (χ4n) is 1.43. The molecule has 1 unspecified atom stereocenters. The molecule has 0 aliphatic heterocycles. The van der Waals surface area contributed by atoms with E-state index in [4.69, 9.17) is 5.73 Å². The Kier molecular flexibility index (Phi) is 3.73. The molecule has 17 heavy (non-hydrogen) atoms. The third kappa shape index (κ3) is 3.52. The number of pyridine rings is 1. The number of amides is 1. The lowest BCUT2D eigenvalue weighted by molar-refractivity contribution is -0.118. The number of nitrogens with zero attached hydrogens (tertiary/aromatic N) is 1. The van der Waals surface area contributed by atoms with E-state index in [0.29, 0.717) is 23.0 Å². The van der Waals surface area contributed by atoms with Crippen LogP contribution in [0.2, 0.25) is 0 Å². The van der Waals surface area contributed by atoms with E-state index in [2.05, 4.69) is 10.3 Å². The minimum Gasteiger partial charge on any atom is -0.396 e. The third-order valence-electron chi connectivity index (χ3n) is 2.60. The van der Waals surface area contributed by atoms with Crippen molar-refractivity contribution in [1.29, 1.82) is 0 Å². The van der Waals surface area contributed by atoms with Gasteiger partial charge in [-0.05, 0) is 24.8 Å². The largest absolute Gasteiger partial charge is 0.396 e. The molecular weight excluding hydrogens is 238 g/mol. The van der Waals surface area contributed by atoms with Crippen molar-refractivity contribution in [2.24, 2.45) is 5.92 Å². The van der Waals surface area contributed by atoms with Crippen molar-refractivity contribution in [1.82, 2.24) is 10.3 Å². The highest BCUT2D eigenvalue weighted by Gasteiger charge is 2.22. The quantitative estimate of drug-likeness (QED) is 0.790. The van der Waals surface area contributed by atoms with Gasteiger partial charge in [-0.3, -0.25) is 14.0 Å². The minimum absolute atomic E-state index is 0.0407. The summed E-state index contributed by atoms with van der Waals surface area (Å²) in [5.41, 5.74) is 6.00. The number of anilines is 1. The molecule has 1 aromatic rings. The smallest absolute Gasteiger partial charge is 0.233 e. The molecule has 1 aliphatic rings. The summed E-state index contributed by atoms with van der Waals surface area (Å²) in [6.07, 6.45) is 5.32. The number of aromatic nitrogens is 1. The van der Waals surface area contributed by atoms with E-state index >= 15 is 0 Å². The highest BCUT2D eigenvalue weighted by molar-refractivity contribution is 7.86. The number of carbonyl (C=O) groups excluding carboxylic acids is 1. The standard InChI is InChI=1S/C11H15N3O2S/c12-9-6-13-4-3-10(9)17(16)7-11(15)14-5-8-1-2-8/h3-4,6,8H,1-2,5,7,12H2,(H,14,15). The van der Waals surface area contributed by atoms with E-state index in [1.54, 1.807) is 6.07 Å². The SMILES string of the molecule is Nc1cnccc1S(=O)CC(=O)NCC1CC1. The summed E-state index contributed by atoms with van der Waals surface area (Å²) in [4.78, 5) is 15.8. The number of rotatable bonds is 5. The molecule has 5 nitrogen and oxygen atoms in total. The van der Waals surface area contributed by atoms with Crippen LogP contribution in [0.25, 0.3) is 0 Å². The van der Waals surface area contributed by atoms with Gasteiger partial charge < -0.3 is 11.1 Å². The topological polar surface area (TPSA) is 85.1 Å². The molecule has 1 aromatic heterocycles. The predicted octanol–water partition coefficient (Wildman–Crippen LogP) is 0.298. The highest BCUT2D eigenvalue weighted by atomic mass is 32.2. The Morgan fingerprint density at radius 1 is 1.59 bits per heavy atom. The summed E-state index contributed by atoms with van der Waals surface area (Å²) in [6.45, 7) is 0.696. The molecule has 1 fully saturated rings. The second-order valence-corrected chi connectivity index (χ2v) is 5.57. The maximum Gasteiger partial charge on any atom is 0.233 e. The molecular formula is C11H15N3O2S. The van der Waals surface area contributed by atoms with Gasteiger partial charge in [0.15, 0.2) is 0 Å². The predicted molar refractivity (Wildman–Crippen MR) is 65.7 cm³/mol. The number of nitrogens with one attached hydrogen (secondary N) is 1. The second kappa shape index (κ2) is 5.27. The van der Waals surface area contributed by atoms with Crippen LogP contribution in [0, 0.1) is 5.92 Å². The first-order valence-corrected chi connectivity index (χ1v) is 6.83. The first-order chi connectivity index (χ1) is 8.16. The van der Waals surface area contributed by atoms with Crippen LogP contribution in [0.5, 0.6) is 0 Å². The fourth-order valence-corrected chi connectivity index (χ4v) is 2.45. The molecule has 0 aromatic carbocycles. The van der Waals surface area contributed by atoms with Crippen molar-refractivity contribution in [3.8, 4) is 0 Å². The van der Waals surface area contributed by atoms with Gasteiger partial charge in [-0.15, -0.1) is 0 Å². The Morgan fingerprint density at radius 2 is 2.35 bits per heavy atom. The first-order valence-electron chi connectivity index (χ1n) is 5.51. The van der Waals surface area contributed by atoms with Gasteiger partial charge in [0.1, 0.15) is 5.75 Å². The van der Waals surface area contributed by atoms with Crippen molar-refractivity contribution >= 4 is 22.4 Å². The molecule has 3 N–H and O–H groups in total. The Bertz CT molecular complexity index is 446. The van der Waals surface area contributed by atoms with Crippen LogP contribution in [0.4, 0.5) is 5.69 Å². The van der Waals surface area contributed by atoms with E-state index in [1.807, 2.05) is 0 Å². The molecule has 92 valence electrons. The minimum atomic E-state index is -1.40. The molecule has 1 atom stereocenters. The average Bonchev–Trinajstić information content (AvgIpc) is 3.10. The van der Waals surface area contributed by atoms with Gasteiger partial charge in [0.2, 0.25) is 5.91 Å². The molecule has 6 heteroatoms. The van der Waals surface area contributed by atoms with Gasteiger partial charge in [0, 0.05) is 12.7 Å². The maximum absolute atomic E-state index is 11.9. The monoisotopic (exact) mass is 253 g/mol. The molecule has 1 aliphatic carbocycles. The van der Waals surface area contributed by atoms with E-state index in [-0.39, 0.29) is 11.7 Å². The Labute approximate surface area is 102 Å². The Hall–Kier alpha value is -1.43. The van der Waals surface area contributed by atoms with Crippen LogP contribution in [-0.2, 0) is 15.6 Å². The van der Waals surface area contributed by atoms with Gasteiger partial charge in [-0.2, -0.15) is 0 Å². The van der Waals surface area contributed by atoms with E-state index < -0.39 is 10.8 Å². The molecule has 1 heterocycles. The Morgan fingerprint density at radius 3 is 3.00 bits per heavy atom. The van der Waals surface area contributed by atoms with Gasteiger partial charge in [0.05, 0.1) is 27.6 Å². The van der Waals surface area contributed by atoms with Gasteiger partial charge in [-0.1, -0.05) is 0 Å². The lowest BCUT2D eigenvalue weighted by Gasteiger charge is -2.06. The molecule has 0 spiro atoms. The number of hydrogen-bond donors (Lipinski definition) is 2. The summed E-state index contributed by atoms with van der Waals surface area (Å²) in [5, 5.41) is 2.78. The van der Waals surface area contributed by atoms with Crippen molar-refractivity contribution in [3.63, 3.8) is 0 Å². The third-order valence-corrected chi connectivity index (χ3v) is 3.99. The lowest BCUT2D eigenvalue weighted by Crippen LogP contribution is -2.30. The van der Waals surface area contributed by atoms with E-state index in [0.717, 1.165) is 0 Å². The zero-order valence-corrected chi connectivity index (χ0v) is 10.2. The number of hydrogen-bond acceptors (Lipinski definition) is 4. The summed E-state index contributed by atoms with van der Waals surface area (Å²) in [5.74, 6) is 0.394. The molecule has 1 saturated carbocycles. The van der Waals surface area contributed by atoms with E-state index in [1.165, 1.54) is 25.2 Å². The van der Waals surface area contributed by atoms with Crippen LogP contribution in [0.3, 0.4) is 0 Å². The second-order valence-electron chi connectivity index (χ2n) is 4.15. The van der Waals surface area contributed by atoms with Crippen molar-refractivity contribution in [2.45, 2.75) is 17.7 Å². The average molecular weight is 253 g/mol. The zero-order valence-electron chi connectivity index (χ0n) is 9.39. The molecule has 0 radical (unpaired) electrons. The van der Waals surface area contributed by atoms with Gasteiger partial charge in [0.25, 0.3) is 0 Å². The van der Waals surface area contributed by atoms with Gasteiger partial charge in [-0.25, -0.2) is 0 Å². The molecule has 0 saturated heterocycles. The van der Waals surface area contributed by atoms with Gasteiger partial charge >= 0.3 is 0 Å². The maximum atomic E-state index is 11.9. The van der Waals surface area contributed by atoms with Crippen molar-refractivity contribution in [2.75, 3.05) is 18.0 Å². The lowest BCUT2D eigenvalue weighted by atomic mass is 10.4. The highest BCUT2D eigenvalue weighted by Crippen LogP contribution is 2.27. The molecule has 1 amide bonds. The summed E-state index contributed by atoms with van der Waals surface area (Å²) in [7, 11) is -1.40. The number of carbonyl (C=O) groups is 1. The normalized spacial score (nSPS) is 16.5. The van der Waals surface area contributed by atoms with Crippen LogP contribution >= 0.6 is 0 Å².